The van der Waals surface area contributed by atoms with Gasteiger partial charge in [0, 0.05) is 44.2 Å². The molecule has 2 aliphatic rings. The van der Waals surface area contributed by atoms with Gasteiger partial charge in [-0.1, -0.05) is 24.6 Å². The van der Waals surface area contributed by atoms with E-state index in [1.165, 1.54) is 25.7 Å². The standard InChI is InChI=1S/C21H38N6O2S/c1-3-22-19(24-15-21(10-13-28)11-14-29-16-21)23-12-6-9-18-25-26-20(30-2)27(18)17-7-4-5-8-17/h17,28H,3-16H2,1-2H3,(H2,22,23,24). The monoisotopic (exact) mass is 438 g/mol. The molecule has 0 amide bonds. The van der Waals surface area contributed by atoms with Crippen LogP contribution >= 0.6 is 11.8 Å². The zero-order valence-electron chi connectivity index (χ0n) is 18.5. The first-order valence-electron chi connectivity index (χ1n) is 11.4. The maximum atomic E-state index is 9.41. The van der Waals surface area contributed by atoms with Gasteiger partial charge >= 0.3 is 0 Å². The molecule has 3 rings (SSSR count). The summed E-state index contributed by atoms with van der Waals surface area (Å²) in [6.07, 6.45) is 10.8. The van der Waals surface area contributed by atoms with Crippen LogP contribution in [0.4, 0.5) is 0 Å². The van der Waals surface area contributed by atoms with Gasteiger partial charge in [0.1, 0.15) is 5.82 Å². The number of aliphatic hydroxyl groups excluding tert-OH is 1. The summed E-state index contributed by atoms with van der Waals surface area (Å²) in [5, 5.41) is 26.1. The Morgan fingerprint density at radius 2 is 2.17 bits per heavy atom. The average molecular weight is 439 g/mol. The first kappa shape index (κ1) is 23.3. The van der Waals surface area contributed by atoms with Gasteiger partial charge in [0.25, 0.3) is 0 Å². The number of thioether (sulfide) groups is 1. The fourth-order valence-electron chi connectivity index (χ4n) is 4.48. The number of rotatable bonds is 11. The molecule has 1 aliphatic heterocycles. The van der Waals surface area contributed by atoms with Crippen LogP contribution in [0.15, 0.2) is 10.1 Å². The third-order valence-electron chi connectivity index (χ3n) is 6.22. The zero-order valence-corrected chi connectivity index (χ0v) is 19.3. The molecular weight excluding hydrogens is 400 g/mol. The molecular formula is C21H38N6O2S. The first-order chi connectivity index (χ1) is 14.7. The smallest absolute Gasteiger partial charge is 0.191 e. The van der Waals surface area contributed by atoms with E-state index < -0.39 is 0 Å². The van der Waals surface area contributed by atoms with Gasteiger partial charge in [-0.05, 0) is 45.3 Å². The highest BCUT2D eigenvalue weighted by atomic mass is 32.2. The average Bonchev–Trinajstić information content (AvgIpc) is 3.50. The maximum absolute atomic E-state index is 9.41. The molecule has 1 aromatic rings. The van der Waals surface area contributed by atoms with Crippen LogP contribution in [-0.2, 0) is 11.2 Å². The fourth-order valence-corrected chi connectivity index (χ4v) is 5.05. The molecule has 1 unspecified atom stereocenters. The van der Waals surface area contributed by atoms with Gasteiger partial charge in [0.05, 0.1) is 13.2 Å². The Labute approximate surface area is 184 Å². The third kappa shape index (κ3) is 6.11. The van der Waals surface area contributed by atoms with E-state index >= 15 is 0 Å². The highest BCUT2D eigenvalue weighted by molar-refractivity contribution is 7.98. The molecule has 8 nitrogen and oxygen atoms in total. The molecule has 1 aromatic heterocycles. The van der Waals surface area contributed by atoms with Gasteiger partial charge in [0.2, 0.25) is 0 Å². The highest BCUT2D eigenvalue weighted by Crippen LogP contribution is 2.34. The molecule has 1 aliphatic carbocycles. The predicted octanol–water partition coefficient (Wildman–Crippen LogP) is 2.39. The summed E-state index contributed by atoms with van der Waals surface area (Å²) in [6, 6.07) is 0.570. The Balaban J connectivity index is 1.52. The Morgan fingerprint density at radius 3 is 2.83 bits per heavy atom. The maximum Gasteiger partial charge on any atom is 0.191 e. The number of hydrogen-bond donors (Lipinski definition) is 3. The van der Waals surface area contributed by atoms with Crippen molar-refractivity contribution in [3.63, 3.8) is 0 Å². The van der Waals surface area contributed by atoms with Gasteiger partial charge in [-0.2, -0.15) is 0 Å². The first-order valence-corrected chi connectivity index (χ1v) is 12.6. The van der Waals surface area contributed by atoms with Crippen LogP contribution in [0.1, 0.15) is 63.7 Å². The second-order valence-electron chi connectivity index (χ2n) is 8.41. The summed E-state index contributed by atoms with van der Waals surface area (Å²) in [5.74, 6) is 1.95. The number of aliphatic imine (C=N–C) groups is 1. The van der Waals surface area contributed by atoms with Gasteiger partial charge in [0.15, 0.2) is 11.1 Å². The minimum Gasteiger partial charge on any atom is -0.396 e. The molecule has 1 saturated carbocycles. The van der Waals surface area contributed by atoms with E-state index in [0.717, 1.165) is 62.3 Å². The van der Waals surface area contributed by atoms with Crippen molar-refractivity contribution >= 4 is 17.7 Å². The number of nitrogens with one attached hydrogen (secondary N) is 2. The minimum atomic E-state index is -0.0248. The lowest BCUT2D eigenvalue weighted by molar-refractivity contribution is 0.131. The van der Waals surface area contributed by atoms with Crippen LogP contribution in [0.25, 0.3) is 0 Å². The minimum absolute atomic E-state index is 0.0248. The van der Waals surface area contributed by atoms with E-state index in [4.69, 9.17) is 9.73 Å². The molecule has 30 heavy (non-hydrogen) atoms. The van der Waals surface area contributed by atoms with E-state index in [0.29, 0.717) is 19.2 Å². The van der Waals surface area contributed by atoms with Crippen molar-refractivity contribution in [3.8, 4) is 0 Å². The Morgan fingerprint density at radius 1 is 1.33 bits per heavy atom. The molecule has 170 valence electrons. The van der Waals surface area contributed by atoms with Crippen LogP contribution in [0.2, 0.25) is 0 Å². The number of aromatic nitrogens is 3. The second kappa shape index (κ2) is 11.9. The van der Waals surface area contributed by atoms with E-state index in [9.17, 15) is 5.11 Å². The van der Waals surface area contributed by atoms with E-state index in [1.54, 1.807) is 11.8 Å². The van der Waals surface area contributed by atoms with Crippen LogP contribution in [0.3, 0.4) is 0 Å². The number of aryl methyl sites for hydroxylation is 1. The SMILES string of the molecule is CCNC(=NCC1(CCO)CCOC1)NCCCc1nnc(SC)n1C1CCCC1. The van der Waals surface area contributed by atoms with Crippen molar-refractivity contribution in [2.45, 2.75) is 69.5 Å². The van der Waals surface area contributed by atoms with Crippen LogP contribution < -0.4 is 10.6 Å². The quantitative estimate of drug-likeness (QED) is 0.211. The topological polar surface area (TPSA) is 96.6 Å². The molecule has 0 bridgehead atoms. The summed E-state index contributed by atoms with van der Waals surface area (Å²) in [6.45, 7) is 6.04. The number of aliphatic hydroxyl groups is 1. The van der Waals surface area contributed by atoms with Crippen molar-refractivity contribution < 1.29 is 9.84 Å². The lowest BCUT2D eigenvalue weighted by Gasteiger charge is -2.24. The summed E-state index contributed by atoms with van der Waals surface area (Å²) < 4.78 is 7.96. The van der Waals surface area contributed by atoms with Gasteiger partial charge in [-0.15, -0.1) is 10.2 Å². The molecule has 2 fully saturated rings. The molecule has 0 aromatic carbocycles. The van der Waals surface area contributed by atoms with Crippen LogP contribution in [-0.4, -0.2) is 71.5 Å². The number of nitrogens with zero attached hydrogens (tertiary/aromatic N) is 4. The summed E-state index contributed by atoms with van der Waals surface area (Å²) in [4.78, 5) is 4.80. The van der Waals surface area contributed by atoms with Crippen molar-refractivity contribution in [1.82, 2.24) is 25.4 Å². The summed E-state index contributed by atoms with van der Waals surface area (Å²) >= 11 is 1.69. The van der Waals surface area contributed by atoms with Crippen molar-refractivity contribution in [3.05, 3.63) is 5.82 Å². The predicted molar refractivity (Wildman–Crippen MR) is 121 cm³/mol. The highest BCUT2D eigenvalue weighted by Gasteiger charge is 2.34. The molecule has 2 heterocycles. The Hall–Kier alpha value is -1.32. The Bertz CT molecular complexity index is 668. The largest absolute Gasteiger partial charge is 0.396 e. The van der Waals surface area contributed by atoms with Gasteiger partial charge in [-0.25, -0.2) is 0 Å². The molecule has 3 N–H and O–H groups in total. The van der Waals surface area contributed by atoms with E-state index in [1.807, 2.05) is 0 Å². The third-order valence-corrected chi connectivity index (χ3v) is 6.86. The van der Waals surface area contributed by atoms with Crippen molar-refractivity contribution in [2.24, 2.45) is 10.4 Å². The van der Waals surface area contributed by atoms with E-state index in [-0.39, 0.29) is 12.0 Å². The number of guanidine groups is 1. The number of hydrogen-bond acceptors (Lipinski definition) is 6. The van der Waals surface area contributed by atoms with E-state index in [2.05, 4.69) is 38.6 Å². The lowest BCUT2D eigenvalue weighted by Crippen LogP contribution is -2.39. The molecule has 0 radical (unpaired) electrons. The zero-order chi connectivity index (χ0) is 21.2. The molecule has 9 heteroatoms. The van der Waals surface area contributed by atoms with Crippen molar-refractivity contribution in [1.29, 1.82) is 0 Å². The second-order valence-corrected chi connectivity index (χ2v) is 9.19. The molecule has 1 atom stereocenters. The fraction of sp³-hybridized carbons (Fsp3) is 0.857. The van der Waals surface area contributed by atoms with Crippen LogP contribution in [0, 0.1) is 5.41 Å². The molecule has 1 saturated heterocycles. The summed E-state index contributed by atoms with van der Waals surface area (Å²) in [5.41, 5.74) is -0.0248. The van der Waals surface area contributed by atoms with Crippen LogP contribution in [0.5, 0.6) is 0 Å². The van der Waals surface area contributed by atoms with Crippen molar-refractivity contribution in [2.75, 3.05) is 45.7 Å². The van der Waals surface area contributed by atoms with Gasteiger partial charge in [-0.3, -0.25) is 4.99 Å². The normalized spacial score (nSPS) is 22.7. The Kier molecular flexibility index (Phi) is 9.27. The number of ether oxygens (including phenoxy) is 1. The summed E-state index contributed by atoms with van der Waals surface area (Å²) in [7, 11) is 0. The lowest BCUT2D eigenvalue weighted by atomic mass is 9.84. The van der Waals surface area contributed by atoms with Gasteiger partial charge < -0.3 is 25.0 Å². The molecule has 0 spiro atoms.